The van der Waals surface area contributed by atoms with Gasteiger partial charge >= 0.3 is 5.97 Å². The highest BCUT2D eigenvalue weighted by Gasteiger charge is 2.37. The molecular weight excluding hydrogens is 472 g/mol. The molecule has 4 N–H and O–H groups in total. The van der Waals surface area contributed by atoms with E-state index in [9.17, 15) is 30.0 Å². The molecule has 2 aromatic carbocycles. The lowest BCUT2D eigenvalue weighted by atomic mass is 9.87. The van der Waals surface area contributed by atoms with Crippen LogP contribution in [0.25, 0.3) is 11.1 Å². The number of carbonyl (C=O) groups is 2. The molecule has 0 spiro atoms. The summed E-state index contributed by atoms with van der Waals surface area (Å²) >= 11 is 3.18. The summed E-state index contributed by atoms with van der Waals surface area (Å²) in [5.41, 5.74) is -0.376. The number of phenols is 4. The zero-order valence-electron chi connectivity index (χ0n) is 17.5. The second-order valence-electron chi connectivity index (χ2n) is 7.49. The van der Waals surface area contributed by atoms with E-state index >= 15 is 0 Å². The molecule has 0 saturated heterocycles. The van der Waals surface area contributed by atoms with Gasteiger partial charge in [-0.3, -0.25) is 9.59 Å². The van der Waals surface area contributed by atoms with Gasteiger partial charge in [-0.1, -0.05) is 13.8 Å². The van der Waals surface area contributed by atoms with E-state index in [2.05, 4.69) is 15.9 Å². The lowest BCUT2D eigenvalue weighted by molar-refractivity contribution is -0.135. The highest BCUT2D eigenvalue weighted by Crippen LogP contribution is 2.59. The number of fused-ring (bicyclic) bond motifs is 1. The standard InChI is InChI=1S/C22H23BrO8/c1-5-6-10(24)13-19(28)14(17(26)9(3)21(13)30-4)15-18(27)12-8(2)7-11(25)31-22(12)16(23)20(15)29/h8,26-29H,5-7H2,1-4H3. The fourth-order valence-corrected chi connectivity index (χ4v) is 4.41. The van der Waals surface area contributed by atoms with E-state index in [0.717, 1.165) is 0 Å². The summed E-state index contributed by atoms with van der Waals surface area (Å²) in [6, 6.07) is 0. The number of methoxy groups -OCH3 is 1. The van der Waals surface area contributed by atoms with Crippen LogP contribution in [0.1, 0.15) is 60.5 Å². The number of benzene rings is 2. The number of aromatic hydroxyl groups is 4. The molecule has 3 rings (SSSR count). The van der Waals surface area contributed by atoms with Gasteiger partial charge in [0.1, 0.15) is 38.8 Å². The number of hydrogen-bond acceptors (Lipinski definition) is 8. The summed E-state index contributed by atoms with van der Waals surface area (Å²) < 4.78 is 10.4. The SMILES string of the molecule is CCCC(=O)c1c(O)c(-c2c(O)c(Br)c3c(c2O)C(C)CC(=O)O3)c(O)c(C)c1OC. The first kappa shape index (κ1) is 22.7. The van der Waals surface area contributed by atoms with Crippen LogP contribution in [0.2, 0.25) is 0 Å². The number of hydrogen-bond donors (Lipinski definition) is 4. The summed E-state index contributed by atoms with van der Waals surface area (Å²) in [5, 5.41) is 43.7. The van der Waals surface area contributed by atoms with Crippen molar-refractivity contribution in [2.45, 2.75) is 46.0 Å². The molecule has 166 valence electrons. The number of rotatable bonds is 5. The van der Waals surface area contributed by atoms with Crippen LogP contribution in [-0.2, 0) is 4.79 Å². The highest BCUT2D eigenvalue weighted by atomic mass is 79.9. The molecule has 1 atom stereocenters. The van der Waals surface area contributed by atoms with E-state index < -0.39 is 40.7 Å². The number of ketones is 1. The van der Waals surface area contributed by atoms with E-state index in [1.54, 1.807) is 13.8 Å². The Morgan fingerprint density at radius 3 is 2.32 bits per heavy atom. The van der Waals surface area contributed by atoms with E-state index in [4.69, 9.17) is 9.47 Å². The van der Waals surface area contributed by atoms with E-state index in [1.807, 2.05) is 0 Å². The normalized spacial score (nSPS) is 15.4. The lowest BCUT2D eigenvalue weighted by Crippen LogP contribution is -2.19. The summed E-state index contributed by atoms with van der Waals surface area (Å²) in [6.07, 6.45) is 0.629. The maximum Gasteiger partial charge on any atom is 0.311 e. The Hall–Kier alpha value is -2.94. The molecule has 31 heavy (non-hydrogen) atoms. The van der Waals surface area contributed by atoms with Crippen molar-refractivity contribution in [2.24, 2.45) is 0 Å². The van der Waals surface area contributed by atoms with Gasteiger partial charge in [0.2, 0.25) is 0 Å². The second-order valence-corrected chi connectivity index (χ2v) is 8.28. The number of halogens is 1. The molecule has 0 fully saturated rings. The van der Waals surface area contributed by atoms with Crippen molar-refractivity contribution in [1.82, 2.24) is 0 Å². The predicted octanol–water partition coefficient (Wildman–Crippen LogP) is 4.65. The van der Waals surface area contributed by atoms with Crippen molar-refractivity contribution >= 4 is 27.7 Å². The van der Waals surface area contributed by atoms with Crippen LogP contribution in [-0.4, -0.2) is 39.3 Å². The van der Waals surface area contributed by atoms with Gasteiger partial charge in [-0.05, 0) is 35.2 Å². The van der Waals surface area contributed by atoms with Crippen molar-refractivity contribution in [1.29, 1.82) is 0 Å². The Morgan fingerprint density at radius 2 is 1.74 bits per heavy atom. The average Bonchev–Trinajstić information content (AvgIpc) is 2.70. The molecule has 0 amide bonds. The minimum Gasteiger partial charge on any atom is -0.507 e. The molecule has 1 heterocycles. The van der Waals surface area contributed by atoms with Crippen LogP contribution in [0.5, 0.6) is 34.5 Å². The monoisotopic (exact) mass is 494 g/mol. The molecule has 0 saturated carbocycles. The molecule has 0 bridgehead atoms. The topological polar surface area (TPSA) is 134 Å². The molecule has 0 radical (unpaired) electrons. The Morgan fingerprint density at radius 1 is 1.13 bits per heavy atom. The Labute approximate surface area is 187 Å². The van der Waals surface area contributed by atoms with Gasteiger partial charge in [-0.25, -0.2) is 0 Å². The van der Waals surface area contributed by atoms with Gasteiger partial charge in [0, 0.05) is 17.5 Å². The summed E-state index contributed by atoms with van der Waals surface area (Å²) in [6.45, 7) is 4.99. The summed E-state index contributed by atoms with van der Waals surface area (Å²) in [7, 11) is 1.31. The highest BCUT2D eigenvalue weighted by molar-refractivity contribution is 9.10. The predicted molar refractivity (Wildman–Crippen MR) is 115 cm³/mol. The van der Waals surface area contributed by atoms with Crippen LogP contribution in [0.3, 0.4) is 0 Å². The quantitative estimate of drug-likeness (QED) is 0.268. The van der Waals surface area contributed by atoms with E-state index in [1.165, 1.54) is 14.0 Å². The fraction of sp³-hybridized carbons (Fsp3) is 0.364. The first-order valence-corrected chi connectivity index (χ1v) is 10.5. The van der Waals surface area contributed by atoms with Crippen molar-refractivity contribution in [2.75, 3.05) is 7.11 Å². The van der Waals surface area contributed by atoms with Gasteiger partial charge in [-0.2, -0.15) is 0 Å². The van der Waals surface area contributed by atoms with Crippen molar-refractivity contribution in [3.8, 4) is 45.6 Å². The smallest absolute Gasteiger partial charge is 0.311 e. The van der Waals surface area contributed by atoms with Gasteiger partial charge in [-0.15, -0.1) is 0 Å². The van der Waals surface area contributed by atoms with Gasteiger partial charge < -0.3 is 29.9 Å². The second kappa shape index (κ2) is 8.30. The number of carbonyl (C=O) groups excluding carboxylic acids is 2. The zero-order valence-corrected chi connectivity index (χ0v) is 19.1. The van der Waals surface area contributed by atoms with Crippen molar-refractivity contribution in [3.63, 3.8) is 0 Å². The van der Waals surface area contributed by atoms with Crippen LogP contribution in [0.4, 0.5) is 0 Å². The van der Waals surface area contributed by atoms with Crippen LogP contribution in [0, 0.1) is 6.92 Å². The molecule has 1 aliphatic heterocycles. The maximum absolute atomic E-state index is 12.7. The first-order valence-electron chi connectivity index (χ1n) is 9.70. The lowest BCUT2D eigenvalue weighted by Gasteiger charge is -2.27. The fourth-order valence-electron chi connectivity index (χ4n) is 3.92. The maximum atomic E-state index is 12.7. The third kappa shape index (κ3) is 3.46. The summed E-state index contributed by atoms with van der Waals surface area (Å²) in [5.74, 6) is -3.56. The van der Waals surface area contributed by atoms with Gasteiger partial charge in [0.05, 0.1) is 24.7 Å². The Balaban J connectivity index is 2.44. The minimum atomic E-state index is -0.628. The molecule has 0 aliphatic carbocycles. The van der Waals surface area contributed by atoms with Crippen molar-refractivity contribution < 1.29 is 39.5 Å². The Kier molecular flexibility index (Phi) is 6.09. The van der Waals surface area contributed by atoms with Crippen molar-refractivity contribution in [3.05, 3.63) is 21.2 Å². The van der Waals surface area contributed by atoms with Crippen LogP contribution < -0.4 is 9.47 Å². The zero-order chi connectivity index (χ0) is 23.2. The molecule has 2 aromatic rings. The summed E-state index contributed by atoms with van der Waals surface area (Å²) in [4.78, 5) is 24.6. The number of ether oxygens (including phenoxy) is 2. The molecule has 8 nitrogen and oxygen atoms in total. The van der Waals surface area contributed by atoms with E-state index in [0.29, 0.717) is 6.42 Å². The van der Waals surface area contributed by atoms with Crippen LogP contribution in [0.15, 0.2) is 4.47 Å². The minimum absolute atomic E-state index is 0.00292. The first-order chi connectivity index (χ1) is 14.6. The number of phenolic OH excluding ortho intramolecular Hbond substituents is 4. The number of esters is 1. The molecule has 9 heteroatoms. The largest absolute Gasteiger partial charge is 0.507 e. The van der Waals surface area contributed by atoms with Crippen LogP contribution >= 0.6 is 15.9 Å². The molecule has 1 unspecified atom stereocenters. The number of Topliss-reactive ketones (excluding diaryl/α,β-unsaturated/α-hetero) is 1. The molecular formula is C22H23BrO8. The molecule has 1 aliphatic rings. The third-order valence-corrected chi connectivity index (χ3v) is 6.14. The van der Waals surface area contributed by atoms with Gasteiger partial charge in [0.15, 0.2) is 11.5 Å². The average molecular weight is 495 g/mol. The Bertz CT molecular complexity index is 1110. The van der Waals surface area contributed by atoms with E-state index in [-0.39, 0.29) is 56.6 Å². The third-order valence-electron chi connectivity index (χ3n) is 5.41. The van der Waals surface area contributed by atoms with Gasteiger partial charge in [0.25, 0.3) is 0 Å². The molecule has 0 aromatic heterocycles.